The van der Waals surface area contributed by atoms with Crippen LogP contribution in [-0.4, -0.2) is 41.0 Å². The van der Waals surface area contributed by atoms with Gasteiger partial charge in [0, 0.05) is 25.2 Å². The Morgan fingerprint density at radius 3 is 2.52 bits per heavy atom. The summed E-state index contributed by atoms with van der Waals surface area (Å²) in [6.07, 6.45) is 5.79. The lowest BCUT2D eigenvalue weighted by molar-refractivity contribution is 0.0658. The van der Waals surface area contributed by atoms with Gasteiger partial charge in [-0.05, 0) is 46.0 Å². The van der Waals surface area contributed by atoms with Crippen LogP contribution in [0, 0.1) is 0 Å². The van der Waals surface area contributed by atoms with Crippen LogP contribution in [0.3, 0.4) is 0 Å². The zero-order chi connectivity index (χ0) is 15.0. The minimum Gasteiger partial charge on any atom is -0.382 e. The van der Waals surface area contributed by atoms with Crippen molar-refractivity contribution < 1.29 is 4.79 Å². The quantitative estimate of drug-likeness (QED) is 0.912. The van der Waals surface area contributed by atoms with Crippen molar-refractivity contribution >= 4 is 28.2 Å². The molecule has 2 saturated heterocycles. The Morgan fingerprint density at radius 1 is 1.19 bits per heavy atom. The third-order valence-corrected chi connectivity index (χ3v) is 5.73. The zero-order valence-electron chi connectivity index (χ0n) is 12.9. The van der Waals surface area contributed by atoms with Crippen molar-refractivity contribution in [3.8, 4) is 0 Å². The second-order valence-electron chi connectivity index (χ2n) is 6.63. The molecule has 1 aromatic rings. The van der Waals surface area contributed by atoms with Crippen LogP contribution < -0.4 is 10.6 Å². The molecule has 3 rings (SSSR count). The fraction of sp³-hybridized carbons (Fsp3) is 0.733. The second kappa shape index (κ2) is 5.48. The highest BCUT2D eigenvalue weighted by Gasteiger charge is 2.37. The SMILES string of the molecule is CC1(C)CCCN1C(=O)c1sc(N2CCCCC2)nc1N. The highest BCUT2D eigenvalue weighted by molar-refractivity contribution is 7.18. The van der Waals surface area contributed by atoms with Crippen LogP contribution in [0.2, 0.25) is 0 Å². The summed E-state index contributed by atoms with van der Waals surface area (Å²) in [4.78, 5) is 22.1. The number of aromatic nitrogens is 1. The van der Waals surface area contributed by atoms with Crippen molar-refractivity contribution in [3.05, 3.63) is 4.88 Å². The Hall–Kier alpha value is -1.30. The van der Waals surface area contributed by atoms with Crippen molar-refractivity contribution in [2.24, 2.45) is 0 Å². The molecule has 1 amide bonds. The standard InChI is InChI=1S/C15H24N4OS/c1-15(2)7-6-10-19(15)13(20)11-12(16)17-14(21-11)18-8-4-3-5-9-18/h3-10,16H2,1-2H3. The van der Waals surface area contributed by atoms with Crippen molar-refractivity contribution in [1.82, 2.24) is 9.88 Å². The van der Waals surface area contributed by atoms with Crippen molar-refractivity contribution in [1.29, 1.82) is 0 Å². The summed E-state index contributed by atoms with van der Waals surface area (Å²) in [5.41, 5.74) is 5.96. The maximum Gasteiger partial charge on any atom is 0.268 e. The van der Waals surface area contributed by atoms with Gasteiger partial charge < -0.3 is 15.5 Å². The Labute approximate surface area is 130 Å². The highest BCUT2D eigenvalue weighted by Crippen LogP contribution is 2.35. The molecule has 0 aliphatic carbocycles. The fourth-order valence-electron chi connectivity index (χ4n) is 3.30. The molecule has 0 atom stereocenters. The van der Waals surface area contributed by atoms with E-state index in [1.807, 2.05) is 4.90 Å². The van der Waals surface area contributed by atoms with E-state index in [2.05, 4.69) is 23.7 Å². The molecule has 0 spiro atoms. The van der Waals surface area contributed by atoms with E-state index in [1.54, 1.807) is 0 Å². The molecule has 0 saturated carbocycles. The van der Waals surface area contributed by atoms with E-state index in [1.165, 1.54) is 30.6 Å². The van der Waals surface area contributed by atoms with Crippen molar-refractivity contribution in [2.75, 3.05) is 30.3 Å². The second-order valence-corrected chi connectivity index (χ2v) is 7.61. The zero-order valence-corrected chi connectivity index (χ0v) is 13.7. The number of thiazole rings is 1. The monoisotopic (exact) mass is 308 g/mol. The molecule has 2 N–H and O–H groups in total. The summed E-state index contributed by atoms with van der Waals surface area (Å²) in [5.74, 6) is 0.448. The Morgan fingerprint density at radius 2 is 1.90 bits per heavy atom. The van der Waals surface area contributed by atoms with E-state index in [9.17, 15) is 4.79 Å². The first-order valence-corrected chi connectivity index (χ1v) is 8.64. The van der Waals surface area contributed by atoms with Crippen LogP contribution in [0.5, 0.6) is 0 Å². The summed E-state index contributed by atoms with van der Waals surface area (Å²) in [7, 11) is 0. The summed E-state index contributed by atoms with van der Waals surface area (Å²) in [6.45, 7) is 7.12. The van der Waals surface area contributed by atoms with Gasteiger partial charge in [-0.15, -0.1) is 0 Å². The molecule has 0 radical (unpaired) electrons. The molecule has 0 aromatic carbocycles. The van der Waals surface area contributed by atoms with Crippen LogP contribution in [0.4, 0.5) is 10.9 Å². The molecule has 2 aliphatic rings. The summed E-state index contributed by atoms with van der Waals surface area (Å²) in [6, 6.07) is 0. The van der Waals surface area contributed by atoms with Crippen LogP contribution in [0.1, 0.15) is 55.6 Å². The average Bonchev–Trinajstić information content (AvgIpc) is 3.02. The Balaban J connectivity index is 1.82. The van der Waals surface area contributed by atoms with Crippen LogP contribution >= 0.6 is 11.3 Å². The Kier molecular flexibility index (Phi) is 3.82. The number of nitrogens with zero attached hydrogens (tertiary/aromatic N) is 3. The van der Waals surface area contributed by atoms with E-state index in [4.69, 9.17) is 5.73 Å². The molecule has 5 nitrogen and oxygen atoms in total. The van der Waals surface area contributed by atoms with Gasteiger partial charge in [0.15, 0.2) is 5.13 Å². The van der Waals surface area contributed by atoms with Gasteiger partial charge in [-0.2, -0.15) is 0 Å². The van der Waals surface area contributed by atoms with Gasteiger partial charge in [0.05, 0.1) is 0 Å². The lowest BCUT2D eigenvalue weighted by Crippen LogP contribution is -2.42. The van der Waals surface area contributed by atoms with Crippen LogP contribution in [-0.2, 0) is 0 Å². The molecule has 6 heteroatoms. The van der Waals surface area contributed by atoms with Crippen LogP contribution in [0.15, 0.2) is 0 Å². The maximum atomic E-state index is 12.8. The average molecular weight is 308 g/mol. The maximum absolute atomic E-state index is 12.8. The van der Waals surface area contributed by atoms with E-state index in [0.29, 0.717) is 10.7 Å². The summed E-state index contributed by atoms with van der Waals surface area (Å²) in [5, 5.41) is 0.910. The number of likely N-dealkylation sites (tertiary alicyclic amines) is 1. The van der Waals surface area contributed by atoms with Crippen molar-refractivity contribution in [2.45, 2.75) is 51.5 Å². The highest BCUT2D eigenvalue weighted by atomic mass is 32.1. The van der Waals surface area contributed by atoms with Gasteiger partial charge in [0.1, 0.15) is 10.7 Å². The minimum absolute atomic E-state index is 0.0516. The predicted octanol–water partition coefficient (Wildman–Crippen LogP) is 2.73. The molecule has 0 bridgehead atoms. The van der Waals surface area contributed by atoms with Crippen molar-refractivity contribution in [3.63, 3.8) is 0 Å². The smallest absolute Gasteiger partial charge is 0.268 e. The fourth-order valence-corrected chi connectivity index (χ4v) is 4.29. The van der Waals surface area contributed by atoms with E-state index < -0.39 is 0 Å². The molecule has 3 heterocycles. The molecular weight excluding hydrogens is 284 g/mol. The first-order valence-electron chi connectivity index (χ1n) is 7.82. The topological polar surface area (TPSA) is 62.5 Å². The van der Waals surface area contributed by atoms with Gasteiger partial charge in [-0.25, -0.2) is 4.98 Å². The predicted molar refractivity (Wildman–Crippen MR) is 86.9 cm³/mol. The number of carbonyl (C=O) groups is 1. The molecule has 0 unspecified atom stereocenters. The third-order valence-electron chi connectivity index (χ3n) is 4.61. The van der Waals surface area contributed by atoms with E-state index in [0.717, 1.165) is 37.6 Å². The molecule has 2 aliphatic heterocycles. The lowest BCUT2D eigenvalue weighted by atomic mass is 10.0. The van der Waals surface area contributed by atoms with Gasteiger partial charge in [0.25, 0.3) is 5.91 Å². The molecule has 21 heavy (non-hydrogen) atoms. The van der Waals surface area contributed by atoms with Gasteiger partial charge in [0.2, 0.25) is 0 Å². The number of rotatable bonds is 2. The molecular formula is C15H24N4OS. The number of nitrogens with two attached hydrogens (primary N) is 1. The van der Waals surface area contributed by atoms with Gasteiger partial charge in [-0.1, -0.05) is 11.3 Å². The number of hydrogen-bond acceptors (Lipinski definition) is 5. The van der Waals surface area contributed by atoms with Gasteiger partial charge in [-0.3, -0.25) is 4.79 Å². The van der Waals surface area contributed by atoms with Crippen LogP contribution in [0.25, 0.3) is 0 Å². The van der Waals surface area contributed by atoms with Gasteiger partial charge >= 0.3 is 0 Å². The first kappa shape index (κ1) is 14.6. The normalized spacial score (nSPS) is 21.8. The first-order chi connectivity index (χ1) is 9.99. The third kappa shape index (κ3) is 2.73. The number of nitrogen functional groups attached to an aromatic ring is 1. The molecule has 2 fully saturated rings. The number of hydrogen-bond donors (Lipinski definition) is 1. The molecule has 1 aromatic heterocycles. The molecule has 116 valence electrons. The van der Waals surface area contributed by atoms with E-state index >= 15 is 0 Å². The number of anilines is 2. The minimum atomic E-state index is -0.0706. The number of amides is 1. The number of piperidine rings is 1. The largest absolute Gasteiger partial charge is 0.382 e. The summed E-state index contributed by atoms with van der Waals surface area (Å²) >= 11 is 1.46. The Bertz CT molecular complexity index is 534. The summed E-state index contributed by atoms with van der Waals surface area (Å²) < 4.78 is 0. The lowest BCUT2D eigenvalue weighted by Gasteiger charge is -2.31. The van der Waals surface area contributed by atoms with E-state index in [-0.39, 0.29) is 11.4 Å². The number of carbonyl (C=O) groups excluding carboxylic acids is 1.